The molecule has 1 aliphatic carbocycles. The van der Waals surface area contributed by atoms with Crippen molar-refractivity contribution in [2.75, 3.05) is 6.54 Å². The molecule has 4 nitrogen and oxygen atoms in total. The van der Waals surface area contributed by atoms with Crippen LogP contribution in [0.25, 0.3) is 0 Å². The predicted molar refractivity (Wildman–Crippen MR) is 57.2 cm³/mol. The highest BCUT2D eigenvalue weighted by atomic mass is 16.3. The highest BCUT2D eigenvalue weighted by Crippen LogP contribution is 2.30. The van der Waals surface area contributed by atoms with Crippen LogP contribution >= 0.6 is 0 Å². The lowest BCUT2D eigenvalue weighted by Crippen LogP contribution is -2.41. The minimum Gasteiger partial charge on any atom is -0.509 e. The monoisotopic (exact) mass is 209 g/mol. The molecule has 0 aromatic heterocycles. The van der Waals surface area contributed by atoms with E-state index < -0.39 is 11.4 Å². The van der Waals surface area contributed by atoms with Gasteiger partial charge in [0, 0.05) is 6.42 Å². The molecule has 0 radical (unpaired) electrons. The third-order valence-electron chi connectivity index (χ3n) is 2.44. The average molecular weight is 209 g/mol. The van der Waals surface area contributed by atoms with Crippen LogP contribution in [0.2, 0.25) is 0 Å². The van der Waals surface area contributed by atoms with E-state index in [4.69, 9.17) is 5.73 Å². The Morgan fingerprint density at radius 1 is 1.67 bits per heavy atom. The van der Waals surface area contributed by atoms with Gasteiger partial charge in [-0.05, 0) is 25.1 Å². The Kier molecular flexibility index (Phi) is 3.44. The minimum atomic E-state index is -1.85. The number of rotatable bonds is 4. The van der Waals surface area contributed by atoms with Gasteiger partial charge in [0.25, 0.3) is 0 Å². The quantitative estimate of drug-likeness (QED) is 0.592. The molecule has 1 atom stereocenters. The summed E-state index contributed by atoms with van der Waals surface area (Å²) in [5, 5.41) is 19.5. The van der Waals surface area contributed by atoms with Gasteiger partial charge in [0.2, 0.25) is 0 Å². The Labute approximate surface area is 88.4 Å². The fourth-order valence-electron chi connectivity index (χ4n) is 1.55. The van der Waals surface area contributed by atoms with E-state index in [2.05, 4.69) is 6.58 Å². The smallest absolute Gasteiger partial charge is 0.194 e. The van der Waals surface area contributed by atoms with Gasteiger partial charge < -0.3 is 15.9 Å². The number of carbonyl (C=O) groups excluding carboxylic acids is 1. The lowest BCUT2D eigenvalue weighted by molar-refractivity contribution is -0.131. The summed E-state index contributed by atoms with van der Waals surface area (Å²) in [6.07, 6.45) is 4.69. The molecule has 0 spiro atoms. The van der Waals surface area contributed by atoms with Crippen molar-refractivity contribution in [3.63, 3.8) is 0 Å². The van der Waals surface area contributed by atoms with E-state index >= 15 is 0 Å². The van der Waals surface area contributed by atoms with Gasteiger partial charge >= 0.3 is 0 Å². The second kappa shape index (κ2) is 4.42. The Morgan fingerprint density at radius 2 is 2.33 bits per heavy atom. The molecule has 4 heteroatoms. The first-order chi connectivity index (χ1) is 7.04. The number of nitrogens with two attached hydrogens (primary N) is 1. The van der Waals surface area contributed by atoms with Gasteiger partial charge in [-0.25, -0.2) is 0 Å². The van der Waals surface area contributed by atoms with Crippen LogP contribution in [0.5, 0.6) is 0 Å². The first kappa shape index (κ1) is 11.7. The van der Waals surface area contributed by atoms with Crippen molar-refractivity contribution in [1.82, 2.24) is 0 Å². The summed E-state index contributed by atoms with van der Waals surface area (Å²) in [4.78, 5) is 11.4. The van der Waals surface area contributed by atoms with E-state index in [1.54, 1.807) is 6.08 Å². The summed E-state index contributed by atoms with van der Waals surface area (Å²) in [6, 6.07) is 0. The summed E-state index contributed by atoms with van der Waals surface area (Å²) in [7, 11) is 0. The molecule has 82 valence electrons. The molecule has 0 bridgehead atoms. The second-order valence-electron chi connectivity index (χ2n) is 3.52. The van der Waals surface area contributed by atoms with Gasteiger partial charge in [-0.3, -0.25) is 4.79 Å². The largest absolute Gasteiger partial charge is 0.509 e. The molecule has 0 aromatic rings. The first-order valence-electron chi connectivity index (χ1n) is 4.73. The maximum atomic E-state index is 11.4. The summed E-state index contributed by atoms with van der Waals surface area (Å²) < 4.78 is 0. The molecule has 1 rings (SSSR count). The van der Waals surface area contributed by atoms with E-state index in [1.807, 2.05) is 0 Å². The van der Waals surface area contributed by atoms with Gasteiger partial charge in [0.1, 0.15) is 5.76 Å². The summed E-state index contributed by atoms with van der Waals surface area (Å²) in [5.74, 6) is -0.938. The highest BCUT2D eigenvalue weighted by molar-refractivity contribution is 5.99. The minimum absolute atomic E-state index is 0.0807. The molecule has 0 aliphatic heterocycles. The number of aliphatic hydroxyl groups excluding tert-OH is 1. The van der Waals surface area contributed by atoms with E-state index in [0.29, 0.717) is 13.0 Å². The molecule has 1 unspecified atom stereocenters. The molecule has 0 saturated carbocycles. The van der Waals surface area contributed by atoms with Crippen LogP contribution in [0.1, 0.15) is 12.8 Å². The molecule has 1 aliphatic rings. The lowest BCUT2D eigenvalue weighted by atomic mass is 9.83. The maximum Gasteiger partial charge on any atom is 0.194 e. The molecular weight excluding hydrogens is 194 g/mol. The Bertz CT molecular complexity index is 344. The third kappa shape index (κ3) is 2.16. The van der Waals surface area contributed by atoms with Gasteiger partial charge in [-0.2, -0.15) is 0 Å². The number of aliphatic hydroxyl groups is 2. The molecule has 0 heterocycles. The molecule has 0 amide bonds. The zero-order chi connectivity index (χ0) is 11.5. The molecule has 0 saturated heterocycles. The number of ketones is 1. The van der Waals surface area contributed by atoms with E-state index in [1.165, 1.54) is 6.08 Å². The van der Waals surface area contributed by atoms with Crippen LogP contribution in [0.4, 0.5) is 0 Å². The third-order valence-corrected chi connectivity index (χ3v) is 2.44. The molecule has 15 heavy (non-hydrogen) atoms. The van der Waals surface area contributed by atoms with Crippen LogP contribution in [0, 0.1) is 0 Å². The lowest BCUT2D eigenvalue weighted by Gasteiger charge is -2.28. The Morgan fingerprint density at radius 3 is 2.87 bits per heavy atom. The van der Waals surface area contributed by atoms with Crippen molar-refractivity contribution >= 4 is 5.78 Å². The van der Waals surface area contributed by atoms with Crippen molar-refractivity contribution in [2.45, 2.75) is 18.4 Å². The highest BCUT2D eigenvalue weighted by Gasteiger charge is 2.40. The standard InChI is InChI=1S/C11H15NO3/c1-2-9(13)11(15)7-8(5-6-12)3-4-10(11)14/h2-4,14-15H,1,5-7,12H2. The Balaban J connectivity index is 2.96. The summed E-state index contributed by atoms with van der Waals surface area (Å²) in [5.41, 5.74) is 4.37. The van der Waals surface area contributed by atoms with Gasteiger partial charge in [-0.1, -0.05) is 18.2 Å². The van der Waals surface area contributed by atoms with Crippen LogP contribution in [-0.4, -0.2) is 28.1 Å². The second-order valence-corrected chi connectivity index (χ2v) is 3.52. The molecule has 4 N–H and O–H groups in total. The topological polar surface area (TPSA) is 83.5 Å². The van der Waals surface area contributed by atoms with Crippen LogP contribution < -0.4 is 5.73 Å². The number of allylic oxidation sites excluding steroid dienone is 2. The van der Waals surface area contributed by atoms with E-state index in [9.17, 15) is 15.0 Å². The van der Waals surface area contributed by atoms with Gasteiger partial charge in [0.15, 0.2) is 11.4 Å². The van der Waals surface area contributed by atoms with Crippen LogP contribution in [0.3, 0.4) is 0 Å². The average Bonchev–Trinajstić information content (AvgIpc) is 2.23. The fraction of sp³-hybridized carbons (Fsp3) is 0.364. The zero-order valence-electron chi connectivity index (χ0n) is 8.44. The van der Waals surface area contributed by atoms with Crippen molar-refractivity contribution in [3.05, 3.63) is 36.1 Å². The molecule has 0 aromatic carbocycles. The van der Waals surface area contributed by atoms with Crippen LogP contribution in [0.15, 0.2) is 36.1 Å². The maximum absolute atomic E-state index is 11.4. The molecule has 0 fully saturated rings. The normalized spacial score (nSPS) is 25.5. The number of hydrogen-bond donors (Lipinski definition) is 3. The predicted octanol–water partition coefficient (Wildman–Crippen LogP) is 0.593. The van der Waals surface area contributed by atoms with Crippen LogP contribution in [-0.2, 0) is 4.79 Å². The Hall–Kier alpha value is -1.39. The van der Waals surface area contributed by atoms with Gasteiger partial charge in [-0.15, -0.1) is 0 Å². The van der Waals surface area contributed by atoms with E-state index in [0.717, 1.165) is 11.6 Å². The van der Waals surface area contributed by atoms with Crippen molar-refractivity contribution in [2.24, 2.45) is 5.73 Å². The first-order valence-corrected chi connectivity index (χ1v) is 4.73. The van der Waals surface area contributed by atoms with Crippen molar-refractivity contribution < 1.29 is 15.0 Å². The summed E-state index contributed by atoms with van der Waals surface area (Å²) in [6.45, 7) is 3.74. The van der Waals surface area contributed by atoms with E-state index in [-0.39, 0.29) is 12.2 Å². The number of hydrogen-bond acceptors (Lipinski definition) is 4. The fourth-order valence-corrected chi connectivity index (χ4v) is 1.55. The van der Waals surface area contributed by atoms with Gasteiger partial charge in [0.05, 0.1) is 0 Å². The zero-order valence-corrected chi connectivity index (χ0v) is 8.44. The SMILES string of the molecule is C=CC(=O)C1(O)CC(CCN)=CC=C1O. The number of carbonyl (C=O) groups is 1. The summed E-state index contributed by atoms with van der Waals surface area (Å²) >= 11 is 0. The van der Waals surface area contributed by atoms with Crippen molar-refractivity contribution in [1.29, 1.82) is 0 Å². The van der Waals surface area contributed by atoms with Crippen molar-refractivity contribution in [3.8, 4) is 0 Å². The molecular formula is C11H15NO3.